The maximum absolute atomic E-state index is 6.10. The Morgan fingerprint density at radius 2 is 2.33 bits per heavy atom. The van der Waals surface area contributed by atoms with Crippen LogP contribution in [0.3, 0.4) is 0 Å². The Balaban J connectivity index is 1.91. The number of rotatable bonds is 4. The zero-order valence-electron chi connectivity index (χ0n) is 12.6. The van der Waals surface area contributed by atoms with Crippen molar-refractivity contribution in [2.75, 3.05) is 39.1 Å². The number of nitrogens with two attached hydrogens (primary N) is 1. The van der Waals surface area contributed by atoms with Gasteiger partial charge in [-0.1, -0.05) is 6.07 Å². The van der Waals surface area contributed by atoms with Gasteiger partial charge in [0.2, 0.25) is 5.95 Å². The van der Waals surface area contributed by atoms with Crippen molar-refractivity contribution in [3.63, 3.8) is 0 Å². The van der Waals surface area contributed by atoms with Crippen molar-refractivity contribution in [3.05, 3.63) is 18.2 Å². The van der Waals surface area contributed by atoms with Crippen molar-refractivity contribution >= 4 is 17.0 Å². The van der Waals surface area contributed by atoms with Gasteiger partial charge in [-0.2, -0.15) is 0 Å². The van der Waals surface area contributed by atoms with Crippen molar-refractivity contribution in [1.82, 2.24) is 14.5 Å². The number of nitrogen functional groups attached to an aromatic ring is 1. The van der Waals surface area contributed by atoms with Gasteiger partial charge in [-0.3, -0.25) is 0 Å². The second-order valence-electron chi connectivity index (χ2n) is 5.39. The van der Waals surface area contributed by atoms with Crippen LogP contribution < -0.4 is 10.5 Å². The van der Waals surface area contributed by atoms with Crippen LogP contribution in [-0.2, 0) is 11.3 Å². The monoisotopic (exact) mass is 290 g/mol. The van der Waals surface area contributed by atoms with Crippen LogP contribution in [0.2, 0.25) is 0 Å². The lowest BCUT2D eigenvalue weighted by molar-refractivity contribution is -0.0267. The third kappa shape index (κ3) is 2.82. The van der Waals surface area contributed by atoms with E-state index in [1.54, 1.807) is 0 Å². The normalized spacial score (nSPS) is 20.0. The third-order valence-corrected chi connectivity index (χ3v) is 3.80. The van der Waals surface area contributed by atoms with E-state index in [2.05, 4.69) is 16.9 Å². The van der Waals surface area contributed by atoms with Crippen LogP contribution >= 0.6 is 0 Å². The van der Waals surface area contributed by atoms with Crippen LogP contribution in [0.25, 0.3) is 11.0 Å². The number of anilines is 1. The molecule has 1 unspecified atom stereocenters. The van der Waals surface area contributed by atoms with Crippen molar-refractivity contribution in [1.29, 1.82) is 0 Å². The molecule has 1 atom stereocenters. The molecule has 0 bridgehead atoms. The fraction of sp³-hybridized carbons (Fsp3) is 0.533. The van der Waals surface area contributed by atoms with Crippen LogP contribution in [-0.4, -0.2) is 53.9 Å². The molecule has 1 aliphatic heterocycles. The van der Waals surface area contributed by atoms with E-state index in [0.717, 1.165) is 36.5 Å². The van der Waals surface area contributed by atoms with Crippen molar-refractivity contribution in [2.24, 2.45) is 0 Å². The van der Waals surface area contributed by atoms with Crippen molar-refractivity contribution in [2.45, 2.75) is 19.6 Å². The smallest absolute Gasteiger partial charge is 0.201 e. The molecule has 2 aromatic rings. The summed E-state index contributed by atoms with van der Waals surface area (Å²) < 4.78 is 13.5. The number of fused-ring (bicyclic) bond motifs is 1. The Morgan fingerprint density at radius 3 is 3.10 bits per heavy atom. The van der Waals surface area contributed by atoms with Crippen LogP contribution in [0, 0.1) is 0 Å². The summed E-state index contributed by atoms with van der Waals surface area (Å²) in [5.41, 5.74) is 7.91. The lowest BCUT2D eigenvalue weighted by Crippen LogP contribution is -2.42. The summed E-state index contributed by atoms with van der Waals surface area (Å²) >= 11 is 0. The number of nitrogens with zero attached hydrogens (tertiary/aromatic N) is 3. The highest BCUT2D eigenvalue weighted by molar-refractivity contribution is 5.84. The minimum absolute atomic E-state index is 0.138. The van der Waals surface area contributed by atoms with E-state index >= 15 is 0 Å². The SMILES string of the molecule is CCOc1cccc2c1nc(N)n2CC1CN(C)CCO1. The quantitative estimate of drug-likeness (QED) is 0.920. The van der Waals surface area contributed by atoms with E-state index in [4.69, 9.17) is 15.2 Å². The number of aromatic nitrogens is 2. The third-order valence-electron chi connectivity index (χ3n) is 3.80. The first-order valence-corrected chi connectivity index (χ1v) is 7.36. The molecule has 2 heterocycles. The van der Waals surface area contributed by atoms with E-state index in [1.165, 1.54) is 0 Å². The molecule has 0 saturated carbocycles. The minimum Gasteiger partial charge on any atom is -0.492 e. The van der Waals surface area contributed by atoms with Gasteiger partial charge < -0.3 is 24.7 Å². The molecule has 2 N–H and O–H groups in total. The number of hydrogen-bond acceptors (Lipinski definition) is 5. The molecule has 0 amide bonds. The molecule has 0 spiro atoms. The standard InChI is InChI=1S/C15H22N4O2/c1-3-20-13-6-4-5-12-14(13)17-15(16)19(12)10-11-9-18(2)7-8-21-11/h4-6,11H,3,7-10H2,1-2H3,(H2,16,17). The topological polar surface area (TPSA) is 65.5 Å². The van der Waals surface area contributed by atoms with Crippen LogP contribution in [0.4, 0.5) is 5.95 Å². The minimum atomic E-state index is 0.138. The Labute approximate surface area is 124 Å². The molecular formula is C15H22N4O2. The molecular weight excluding hydrogens is 268 g/mol. The summed E-state index contributed by atoms with van der Waals surface area (Å²) in [6.07, 6.45) is 0.138. The molecule has 0 aliphatic carbocycles. The fourth-order valence-electron chi connectivity index (χ4n) is 2.78. The lowest BCUT2D eigenvalue weighted by Gasteiger charge is -2.30. The Bertz CT molecular complexity index is 625. The second kappa shape index (κ2) is 5.91. The van der Waals surface area contributed by atoms with Gasteiger partial charge in [0.1, 0.15) is 11.3 Å². The summed E-state index contributed by atoms with van der Waals surface area (Å²) in [4.78, 5) is 6.74. The number of benzene rings is 1. The van der Waals surface area contributed by atoms with Crippen LogP contribution in [0.5, 0.6) is 5.75 Å². The van der Waals surface area contributed by atoms with Gasteiger partial charge in [0.25, 0.3) is 0 Å². The van der Waals surface area contributed by atoms with Gasteiger partial charge in [0.05, 0.1) is 31.4 Å². The first kappa shape index (κ1) is 14.2. The number of likely N-dealkylation sites (N-methyl/N-ethyl adjacent to an activating group) is 1. The number of ether oxygens (including phenoxy) is 2. The zero-order valence-corrected chi connectivity index (χ0v) is 12.6. The highest BCUT2D eigenvalue weighted by Crippen LogP contribution is 2.27. The molecule has 1 saturated heterocycles. The fourth-order valence-corrected chi connectivity index (χ4v) is 2.78. The van der Waals surface area contributed by atoms with Crippen LogP contribution in [0.15, 0.2) is 18.2 Å². The molecule has 6 heteroatoms. The second-order valence-corrected chi connectivity index (χ2v) is 5.39. The number of morpholine rings is 1. The van der Waals surface area contributed by atoms with E-state index < -0.39 is 0 Å². The predicted octanol–water partition coefficient (Wildman–Crippen LogP) is 1.35. The highest BCUT2D eigenvalue weighted by Gasteiger charge is 2.21. The lowest BCUT2D eigenvalue weighted by atomic mass is 10.2. The van der Waals surface area contributed by atoms with E-state index in [0.29, 0.717) is 19.1 Å². The van der Waals surface area contributed by atoms with Crippen molar-refractivity contribution in [3.8, 4) is 5.75 Å². The van der Waals surface area contributed by atoms with E-state index in [-0.39, 0.29) is 6.10 Å². The molecule has 1 aliphatic rings. The van der Waals surface area contributed by atoms with Gasteiger partial charge in [-0.15, -0.1) is 0 Å². The molecule has 1 fully saturated rings. The molecule has 1 aromatic heterocycles. The maximum Gasteiger partial charge on any atom is 0.201 e. The van der Waals surface area contributed by atoms with Gasteiger partial charge in [0, 0.05) is 13.1 Å². The average Bonchev–Trinajstić information content (AvgIpc) is 2.77. The molecule has 6 nitrogen and oxygen atoms in total. The summed E-state index contributed by atoms with van der Waals surface area (Å²) in [5.74, 6) is 1.29. The Kier molecular flexibility index (Phi) is 3.98. The zero-order chi connectivity index (χ0) is 14.8. The molecule has 1 aromatic carbocycles. The maximum atomic E-state index is 6.10. The van der Waals surface area contributed by atoms with Gasteiger partial charge >= 0.3 is 0 Å². The Morgan fingerprint density at radius 1 is 1.48 bits per heavy atom. The molecule has 0 radical (unpaired) electrons. The van der Waals surface area contributed by atoms with E-state index in [9.17, 15) is 0 Å². The number of hydrogen-bond donors (Lipinski definition) is 1. The van der Waals surface area contributed by atoms with E-state index in [1.807, 2.05) is 29.7 Å². The van der Waals surface area contributed by atoms with Crippen LogP contribution in [0.1, 0.15) is 6.92 Å². The number of imidazole rings is 1. The first-order valence-electron chi connectivity index (χ1n) is 7.36. The molecule has 114 valence electrons. The molecule has 21 heavy (non-hydrogen) atoms. The first-order chi connectivity index (χ1) is 10.2. The summed E-state index contributed by atoms with van der Waals surface area (Å²) in [5, 5.41) is 0. The molecule has 3 rings (SSSR count). The predicted molar refractivity (Wildman–Crippen MR) is 82.6 cm³/mol. The average molecular weight is 290 g/mol. The van der Waals surface area contributed by atoms with Crippen molar-refractivity contribution < 1.29 is 9.47 Å². The number of para-hydroxylation sites is 1. The summed E-state index contributed by atoms with van der Waals surface area (Å²) in [6.45, 7) is 5.93. The van der Waals surface area contributed by atoms with Gasteiger partial charge in [-0.25, -0.2) is 4.98 Å². The largest absolute Gasteiger partial charge is 0.492 e. The van der Waals surface area contributed by atoms with Gasteiger partial charge in [-0.05, 0) is 26.1 Å². The Hall–Kier alpha value is -1.79. The summed E-state index contributed by atoms with van der Waals surface area (Å²) in [7, 11) is 2.11. The highest BCUT2D eigenvalue weighted by atomic mass is 16.5. The summed E-state index contributed by atoms with van der Waals surface area (Å²) in [6, 6.07) is 5.92. The van der Waals surface area contributed by atoms with Gasteiger partial charge in [0.15, 0.2) is 0 Å².